The van der Waals surface area contributed by atoms with Crippen LogP contribution in [-0.2, 0) is 17.8 Å². The normalized spacial score (nSPS) is 14.4. The van der Waals surface area contributed by atoms with Gasteiger partial charge in [-0.1, -0.05) is 29.5 Å². The minimum absolute atomic E-state index is 0.0714. The van der Waals surface area contributed by atoms with Crippen LogP contribution in [0.25, 0.3) is 15.9 Å². The number of carbonyl (C=O) groups is 1. The summed E-state index contributed by atoms with van der Waals surface area (Å²) < 4.78 is 1.61. The molecule has 4 rings (SSSR count). The Morgan fingerprint density at radius 2 is 2.07 bits per heavy atom. The number of thiophene rings is 1. The number of amides is 1. The SMILES string of the molecule is Cc1ccc(-n2c(SCC(N)=O)nc3sc4c(c3c2=O)CCN(C)C4)cc1. The highest BCUT2D eigenvalue weighted by Crippen LogP contribution is 2.33. The number of benzene rings is 1. The molecule has 27 heavy (non-hydrogen) atoms. The van der Waals surface area contributed by atoms with Gasteiger partial charge in [0.2, 0.25) is 5.91 Å². The molecule has 1 aromatic carbocycles. The zero-order valence-electron chi connectivity index (χ0n) is 15.2. The van der Waals surface area contributed by atoms with Crippen LogP contribution in [0.3, 0.4) is 0 Å². The smallest absolute Gasteiger partial charge is 0.267 e. The maximum absolute atomic E-state index is 13.5. The van der Waals surface area contributed by atoms with E-state index in [0.717, 1.165) is 41.2 Å². The summed E-state index contributed by atoms with van der Waals surface area (Å²) in [5, 5.41) is 1.22. The molecule has 0 unspecified atom stereocenters. The van der Waals surface area contributed by atoms with Gasteiger partial charge in [0.25, 0.3) is 5.56 Å². The van der Waals surface area contributed by atoms with Gasteiger partial charge in [0.05, 0.1) is 16.8 Å². The fourth-order valence-corrected chi connectivity index (χ4v) is 5.40. The van der Waals surface area contributed by atoms with Crippen molar-refractivity contribution >= 4 is 39.2 Å². The third-order valence-corrected chi connectivity index (χ3v) is 6.74. The number of hydrogen-bond acceptors (Lipinski definition) is 6. The monoisotopic (exact) mass is 400 g/mol. The van der Waals surface area contributed by atoms with Crippen molar-refractivity contribution in [3.05, 3.63) is 50.6 Å². The second kappa shape index (κ2) is 7.10. The highest BCUT2D eigenvalue weighted by molar-refractivity contribution is 7.99. The molecule has 3 heterocycles. The van der Waals surface area contributed by atoms with Crippen molar-refractivity contribution in [2.24, 2.45) is 5.73 Å². The molecule has 1 amide bonds. The van der Waals surface area contributed by atoms with E-state index in [-0.39, 0.29) is 11.3 Å². The van der Waals surface area contributed by atoms with Crippen LogP contribution in [0.15, 0.2) is 34.2 Å². The third-order valence-electron chi connectivity index (χ3n) is 4.67. The fraction of sp³-hybridized carbons (Fsp3) is 0.316. The lowest BCUT2D eigenvalue weighted by atomic mass is 10.1. The highest BCUT2D eigenvalue weighted by Gasteiger charge is 2.24. The van der Waals surface area contributed by atoms with E-state index in [1.807, 2.05) is 31.2 Å². The molecule has 8 heteroatoms. The van der Waals surface area contributed by atoms with Crippen LogP contribution in [0, 0.1) is 6.92 Å². The van der Waals surface area contributed by atoms with Gasteiger partial charge in [-0.2, -0.15) is 0 Å². The van der Waals surface area contributed by atoms with Crippen LogP contribution in [0.2, 0.25) is 0 Å². The molecule has 6 nitrogen and oxygen atoms in total. The molecule has 2 aromatic heterocycles. The Hall–Kier alpha value is -2.16. The van der Waals surface area contributed by atoms with Crippen LogP contribution in [0.4, 0.5) is 0 Å². The van der Waals surface area contributed by atoms with Gasteiger partial charge in [-0.05, 0) is 38.1 Å². The summed E-state index contributed by atoms with van der Waals surface area (Å²) in [5.41, 5.74) is 8.23. The number of thioether (sulfide) groups is 1. The predicted molar refractivity (Wildman–Crippen MR) is 110 cm³/mol. The number of fused-ring (bicyclic) bond motifs is 3. The Balaban J connectivity index is 1.96. The lowest BCUT2D eigenvalue weighted by molar-refractivity contribution is -0.115. The Morgan fingerprint density at radius 3 is 2.78 bits per heavy atom. The number of rotatable bonds is 4. The van der Waals surface area contributed by atoms with Gasteiger partial charge in [0.1, 0.15) is 4.83 Å². The Kier molecular flexibility index (Phi) is 4.79. The van der Waals surface area contributed by atoms with Crippen molar-refractivity contribution in [1.29, 1.82) is 0 Å². The lowest BCUT2D eigenvalue weighted by Gasteiger charge is -2.21. The first-order valence-electron chi connectivity index (χ1n) is 8.68. The van der Waals surface area contributed by atoms with E-state index in [9.17, 15) is 9.59 Å². The van der Waals surface area contributed by atoms with E-state index in [2.05, 4.69) is 11.9 Å². The Labute approximate surface area is 165 Å². The van der Waals surface area contributed by atoms with E-state index in [1.54, 1.807) is 15.9 Å². The minimum Gasteiger partial charge on any atom is -0.369 e. The molecular formula is C19H20N4O2S2. The molecule has 1 aliphatic rings. The quantitative estimate of drug-likeness (QED) is 0.537. The lowest BCUT2D eigenvalue weighted by Crippen LogP contribution is -2.27. The number of nitrogens with zero attached hydrogens (tertiary/aromatic N) is 3. The molecule has 0 atom stereocenters. The topological polar surface area (TPSA) is 81.2 Å². The van der Waals surface area contributed by atoms with E-state index >= 15 is 0 Å². The molecule has 0 radical (unpaired) electrons. The number of aryl methyl sites for hydroxylation is 1. The summed E-state index contributed by atoms with van der Waals surface area (Å²) in [6, 6.07) is 7.75. The summed E-state index contributed by atoms with van der Waals surface area (Å²) in [4.78, 5) is 33.7. The van der Waals surface area contributed by atoms with E-state index in [4.69, 9.17) is 10.7 Å². The Bertz CT molecular complexity index is 1090. The van der Waals surface area contributed by atoms with Gasteiger partial charge < -0.3 is 10.6 Å². The summed E-state index contributed by atoms with van der Waals surface area (Å²) in [5.74, 6) is -0.352. The number of primary amides is 1. The zero-order chi connectivity index (χ0) is 19.1. The molecular weight excluding hydrogens is 380 g/mol. The number of carbonyl (C=O) groups excluding carboxylic acids is 1. The van der Waals surface area contributed by atoms with E-state index < -0.39 is 5.91 Å². The molecule has 0 fully saturated rings. The van der Waals surface area contributed by atoms with Gasteiger partial charge in [-0.25, -0.2) is 4.98 Å². The summed E-state index contributed by atoms with van der Waals surface area (Å²) >= 11 is 2.78. The molecule has 0 spiro atoms. The van der Waals surface area contributed by atoms with Crippen LogP contribution in [0.1, 0.15) is 16.0 Å². The number of likely N-dealkylation sites (N-methyl/N-ethyl adjacent to an activating group) is 1. The fourth-order valence-electron chi connectivity index (χ4n) is 3.31. The van der Waals surface area contributed by atoms with Crippen molar-refractivity contribution in [3.63, 3.8) is 0 Å². The largest absolute Gasteiger partial charge is 0.369 e. The molecule has 0 bridgehead atoms. The van der Waals surface area contributed by atoms with Crippen LogP contribution >= 0.6 is 23.1 Å². The second-order valence-corrected chi connectivity index (χ2v) is 8.82. The maximum Gasteiger partial charge on any atom is 0.267 e. The average molecular weight is 401 g/mol. The first-order valence-corrected chi connectivity index (χ1v) is 10.5. The van der Waals surface area contributed by atoms with Crippen molar-refractivity contribution in [2.45, 2.75) is 25.0 Å². The summed E-state index contributed by atoms with van der Waals surface area (Å²) in [6.45, 7) is 3.77. The standard InChI is InChI=1S/C19H20N4O2S2/c1-11-3-5-12(6-4-11)23-18(25)16-13-7-8-22(2)9-14(13)27-17(16)21-19(23)26-10-15(20)24/h3-6H,7-10H2,1-2H3,(H2,20,24). The molecule has 1 aliphatic heterocycles. The van der Waals surface area contributed by atoms with Gasteiger partial charge in [0.15, 0.2) is 5.16 Å². The molecule has 140 valence electrons. The van der Waals surface area contributed by atoms with E-state index in [0.29, 0.717) is 10.5 Å². The van der Waals surface area contributed by atoms with Crippen LogP contribution in [-0.4, -0.2) is 39.7 Å². The van der Waals surface area contributed by atoms with Gasteiger partial charge >= 0.3 is 0 Å². The van der Waals surface area contributed by atoms with Crippen LogP contribution in [0.5, 0.6) is 0 Å². The highest BCUT2D eigenvalue weighted by atomic mass is 32.2. The number of hydrogen-bond donors (Lipinski definition) is 1. The predicted octanol–water partition coefficient (Wildman–Crippen LogP) is 2.32. The van der Waals surface area contributed by atoms with Gasteiger partial charge in [0, 0.05) is 18.0 Å². The number of nitrogens with two attached hydrogens (primary N) is 1. The third kappa shape index (κ3) is 3.40. The molecule has 0 saturated carbocycles. The molecule has 0 saturated heterocycles. The minimum atomic E-state index is -0.433. The molecule has 2 N–H and O–H groups in total. The summed E-state index contributed by atoms with van der Waals surface area (Å²) in [6.07, 6.45) is 0.852. The Morgan fingerprint density at radius 1 is 1.33 bits per heavy atom. The average Bonchev–Trinajstić information content (AvgIpc) is 2.98. The number of aromatic nitrogens is 2. The van der Waals surface area contributed by atoms with Crippen molar-refractivity contribution < 1.29 is 4.79 Å². The van der Waals surface area contributed by atoms with Crippen molar-refractivity contribution in [3.8, 4) is 5.69 Å². The van der Waals surface area contributed by atoms with Crippen LogP contribution < -0.4 is 11.3 Å². The zero-order valence-corrected chi connectivity index (χ0v) is 16.8. The maximum atomic E-state index is 13.5. The molecule has 0 aliphatic carbocycles. The van der Waals surface area contributed by atoms with E-state index in [1.165, 1.54) is 16.6 Å². The molecule has 3 aromatic rings. The van der Waals surface area contributed by atoms with Crippen molar-refractivity contribution in [2.75, 3.05) is 19.3 Å². The van der Waals surface area contributed by atoms with Gasteiger partial charge in [-0.15, -0.1) is 11.3 Å². The first kappa shape index (κ1) is 18.2. The summed E-state index contributed by atoms with van der Waals surface area (Å²) in [7, 11) is 2.08. The van der Waals surface area contributed by atoms with Gasteiger partial charge in [-0.3, -0.25) is 14.2 Å². The first-order chi connectivity index (χ1) is 12.9. The second-order valence-electron chi connectivity index (χ2n) is 6.80. The van der Waals surface area contributed by atoms with Crippen molar-refractivity contribution in [1.82, 2.24) is 14.5 Å².